The number of hydrogen-bond donors (Lipinski definition) is 1. The molecule has 0 fully saturated rings. The molecule has 1 aromatic carbocycles. The van der Waals surface area contributed by atoms with Gasteiger partial charge in [-0.1, -0.05) is 18.2 Å². The molecule has 2 N–H and O–H groups in total. The molecule has 0 saturated carbocycles. The molecule has 3 aromatic rings. The Morgan fingerprint density at radius 1 is 1.14 bits per heavy atom. The van der Waals surface area contributed by atoms with Crippen molar-refractivity contribution in [3.8, 4) is 16.9 Å². The van der Waals surface area contributed by atoms with E-state index in [1.54, 1.807) is 11.3 Å². The quantitative estimate of drug-likeness (QED) is 0.806. The van der Waals surface area contributed by atoms with E-state index < -0.39 is 0 Å². The van der Waals surface area contributed by atoms with Crippen LogP contribution in [0.2, 0.25) is 0 Å². The minimum Gasteiger partial charge on any atom is -0.325 e. The Balaban J connectivity index is 2.16. The van der Waals surface area contributed by atoms with Crippen LogP contribution in [0.1, 0.15) is 21.3 Å². The highest BCUT2D eigenvalue weighted by Crippen LogP contribution is 2.33. The highest BCUT2D eigenvalue weighted by molar-refractivity contribution is 7.12. The molecule has 5 heteroatoms. The van der Waals surface area contributed by atoms with Crippen molar-refractivity contribution in [2.24, 2.45) is 5.73 Å². The average Bonchev–Trinajstić information content (AvgIpc) is 3.00. The lowest BCUT2D eigenvalue weighted by atomic mass is 10.1. The predicted octanol–water partition coefficient (Wildman–Crippen LogP) is 3.38. The van der Waals surface area contributed by atoms with Crippen LogP contribution >= 0.6 is 11.3 Å². The number of para-hydroxylation sites is 1. The molecular formula is C16H18N4S. The van der Waals surface area contributed by atoms with E-state index in [9.17, 15) is 0 Å². The highest BCUT2D eigenvalue weighted by atomic mass is 32.1. The molecule has 0 aliphatic heterocycles. The molecule has 0 aliphatic rings. The second kappa shape index (κ2) is 5.42. The molecule has 3 rings (SSSR count). The van der Waals surface area contributed by atoms with Crippen LogP contribution in [-0.4, -0.2) is 14.8 Å². The van der Waals surface area contributed by atoms with Crippen LogP contribution < -0.4 is 5.73 Å². The number of rotatable bonds is 3. The van der Waals surface area contributed by atoms with Crippen molar-refractivity contribution in [3.63, 3.8) is 0 Å². The topological polar surface area (TPSA) is 56.7 Å². The van der Waals surface area contributed by atoms with E-state index in [2.05, 4.69) is 36.1 Å². The van der Waals surface area contributed by atoms with Crippen LogP contribution in [0.15, 0.2) is 30.3 Å². The van der Waals surface area contributed by atoms with Gasteiger partial charge in [0.25, 0.3) is 0 Å². The Bertz CT molecular complexity index is 771. The van der Waals surface area contributed by atoms with Crippen molar-refractivity contribution in [2.45, 2.75) is 27.3 Å². The zero-order chi connectivity index (χ0) is 15.0. The van der Waals surface area contributed by atoms with Crippen molar-refractivity contribution in [2.75, 3.05) is 0 Å². The van der Waals surface area contributed by atoms with Gasteiger partial charge in [-0.25, -0.2) is 9.67 Å². The van der Waals surface area contributed by atoms with Crippen molar-refractivity contribution >= 4 is 11.3 Å². The Labute approximate surface area is 128 Å². The van der Waals surface area contributed by atoms with Gasteiger partial charge in [0, 0.05) is 17.0 Å². The van der Waals surface area contributed by atoms with Gasteiger partial charge >= 0.3 is 0 Å². The molecule has 0 bridgehead atoms. The number of thiazole rings is 1. The van der Waals surface area contributed by atoms with Crippen LogP contribution in [-0.2, 0) is 6.54 Å². The van der Waals surface area contributed by atoms with Gasteiger partial charge in [0.1, 0.15) is 5.01 Å². The number of aromatic nitrogens is 3. The third-order valence-corrected chi connectivity index (χ3v) is 4.54. The smallest absolute Gasteiger partial charge is 0.107 e. The van der Waals surface area contributed by atoms with Gasteiger partial charge < -0.3 is 5.73 Å². The molecule has 4 nitrogen and oxygen atoms in total. The van der Waals surface area contributed by atoms with Crippen molar-refractivity contribution in [1.29, 1.82) is 0 Å². The van der Waals surface area contributed by atoms with Crippen LogP contribution in [0.3, 0.4) is 0 Å². The number of benzene rings is 1. The highest BCUT2D eigenvalue weighted by Gasteiger charge is 2.19. The maximum Gasteiger partial charge on any atom is 0.107 e. The zero-order valence-corrected chi connectivity index (χ0v) is 13.2. The largest absolute Gasteiger partial charge is 0.325 e. The second-order valence-electron chi connectivity index (χ2n) is 5.01. The van der Waals surface area contributed by atoms with Gasteiger partial charge in [-0.15, -0.1) is 11.3 Å². The molecule has 0 unspecified atom stereocenters. The van der Waals surface area contributed by atoms with E-state index in [1.165, 1.54) is 4.88 Å². The first-order chi connectivity index (χ1) is 10.1. The lowest BCUT2D eigenvalue weighted by molar-refractivity contribution is 0.834. The fourth-order valence-electron chi connectivity index (χ4n) is 2.58. The monoisotopic (exact) mass is 298 g/mol. The van der Waals surface area contributed by atoms with Crippen molar-refractivity contribution in [3.05, 3.63) is 51.6 Å². The summed E-state index contributed by atoms with van der Waals surface area (Å²) in [4.78, 5) is 5.86. The standard InChI is InChI=1S/C16H18N4S/c1-10-15(16-12(3)21-14(9-17)18-16)11(2)20(19-10)13-7-5-4-6-8-13/h4-8H,9,17H2,1-3H3. The van der Waals surface area contributed by atoms with Gasteiger partial charge in [0.15, 0.2) is 0 Å². The number of nitrogens with zero attached hydrogens (tertiary/aromatic N) is 3. The molecule has 2 aromatic heterocycles. The SMILES string of the molecule is Cc1nn(-c2ccccc2)c(C)c1-c1nc(CN)sc1C. The molecule has 0 radical (unpaired) electrons. The normalized spacial score (nSPS) is 11.0. The van der Waals surface area contributed by atoms with E-state index in [0.717, 1.165) is 33.3 Å². The van der Waals surface area contributed by atoms with Crippen LogP contribution in [0.4, 0.5) is 0 Å². The minimum atomic E-state index is 0.483. The summed E-state index contributed by atoms with van der Waals surface area (Å²) in [5.41, 5.74) is 11.0. The molecular weight excluding hydrogens is 280 g/mol. The molecule has 0 saturated heterocycles. The molecule has 0 spiro atoms. The molecule has 108 valence electrons. The Kier molecular flexibility index (Phi) is 3.61. The fraction of sp³-hybridized carbons (Fsp3) is 0.250. The minimum absolute atomic E-state index is 0.483. The van der Waals surface area contributed by atoms with Crippen molar-refractivity contribution < 1.29 is 0 Å². The van der Waals surface area contributed by atoms with Gasteiger partial charge in [-0.2, -0.15) is 5.10 Å². The summed E-state index contributed by atoms with van der Waals surface area (Å²) < 4.78 is 1.98. The van der Waals surface area contributed by atoms with E-state index >= 15 is 0 Å². The van der Waals surface area contributed by atoms with Crippen LogP contribution in [0, 0.1) is 20.8 Å². The molecule has 2 heterocycles. The maximum atomic E-state index is 5.71. The Morgan fingerprint density at radius 3 is 2.48 bits per heavy atom. The molecule has 0 aliphatic carbocycles. The molecule has 0 amide bonds. The van der Waals surface area contributed by atoms with Gasteiger partial charge in [-0.05, 0) is 32.9 Å². The zero-order valence-electron chi connectivity index (χ0n) is 12.4. The second-order valence-corrected chi connectivity index (χ2v) is 6.30. The number of nitrogens with two attached hydrogens (primary N) is 1. The lowest BCUT2D eigenvalue weighted by Gasteiger charge is -2.04. The maximum absolute atomic E-state index is 5.71. The third-order valence-electron chi connectivity index (χ3n) is 3.54. The van der Waals surface area contributed by atoms with E-state index in [1.807, 2.05) is 29.8 Å². The first kappa shape index (κ1) is 14.0. The summed E-state index contributed by atoms with van der Waals surface area (Å²) in [5.74, 6) is 0. The summed E-state index contributed by atoms with van der Waals surface area (Å²) in [5, 5.41) is 5.65. The Hall–Kier alpha value is -1.98. The molecule has 0 atom stereocenters. The number of aryl methyl sites for hydroxylation is 2. The average molecular weight is 298 g/mol. The summed E-state index contributed by atoms with van der Waals surface area (Å²) in [7, 11) is 0. The first-order valence-electron chi connectivity index (χ1n) is 6.90. The van der Waals surface area contributed by atoms with Gasteiger partial charge in [0.05, 0.1) is 22.8 Å². The summed E-state index contributed by atoms with van der Waals surface area (Å²) in [6.45, 7) is 6.69. The lowest BCUT2D eigenvalue weighted by Crippen LogP contribution is -1.98. The van der Waals surface area contributed by atoms with E-state index in [0.29, 0.717) is 6.54 Å². The van der Waals surface area contributed by atoms with E-state index in [4.69, 9.17) is 5.73 Å². The van der Waals surface area contributed by atoms with Gasteiger partial charge in [0.2, 0.25) is 0 Å². The fourth-order valence-corrected chi connectivity index (χ4v) is 3.39. The van der Waals surface area contributed by atoms with Crippen LogP contribution in [0.5, 0.6) is 0 Å². The van der Waals surface area contributed by atoms with E-state index in [-0.39, 0.29) is 0 Å². The van der Waals surface area contributed by atoms with Crippen molar-refractivity contribution in [1.82, 2.24) is 14.8 Å². The van der Waals surface area contributed by atoms with Crippen LogP contribution in [0.25, 0.3) is 16.9 Å². The summed E-state index contributed by atoms with van der Waals surface area (Å²) >= 11 is 1.66. The third kappa shape index (κ3) is 2.39. The summed E-state index contributed by atoms with van der Waals surface area (Å²) in [6, 6.07) is 10.2. The first-order valence-corrected chi connectivity index (χ1v) is 7.72. The predicted molar refractivity (Wildman–Crippen MR) is 86.8 cm³/mol. The number of hydrogen-bond acceptors (Lipinski definition) is 4. The Morgan fingerprint density at radius 2 is 1.86 bits per heavy atom. The molecule has 21 heavy (non-hydrogen) atoms. The van der Waals surface area contributed by atoms with Gasteiger partial charge in [-0.3, -0.25) is 0 Å². The summed E-state index contributed by atoms with van der Waals surface area (Å²) in [6.07, 6.45) is 0.